The number of aryl methyl sites for hydroxylation is 1. The first kappa shape index (κ1) is 18.7. The largest absolute Gasteiger partial charge is 0.324 e. The van der Waals surface area contributed by atoms with Crippen LogP contribution in [0.5, 0.6) is 0 Å². The van der Waals surface area contributed by atoms with Gasteiger partial charge < -0.3 is 14.8 Å². The van der Waals surface area contributed by atoms with E-state index in [1.54, 1.807) is 11.1 Å². The smallest absolute Gasteiger partial charge is 0.321 e. The number of piperidine rings is 1. The molecule has 1 fully saturated rings. The molecule has 8 heteroatoms. The maximum absolute atomic E-state index is 13.3. The Labute approximate surface area is 167 Å². The molecule has 1 aromatic carbocycles. The van der Waals surface area contributed by atoms with Gasteiger partial charge in [0.05, 0.1) is 5.02 Å². The molecular formula is C20H21ClFN5O. The third-order valence-corrected chi connectivity index (χ3v) is 5.40. The van der Waals surface area contributed by atoms with Crippen LogP contribution in [0.4, 0.5) is 14.9 Å². The Hall–Kier alpha value is -2.67. The number of carbonyl (C=O) groups is 1. The summed E-state index contributed by atoms with van der Waals surface area (Å²) in [5.41, 5.74) is 2.25. The lowest BCUT2D eigenvalue weighted by molar-refractivity contribution is 0.170. The SMILES string of the molecule is Cc1nc2cccnc2n1CC1CCCN(C(=O)Nc2ccc(F)c(Cl)c2)C1. The van der Waals surface area contributed by atoms with E-state index in [0.717, 1.165) is 36.4 Å². The first-order chi connectivity index (χ1) is 13.5. The summed E-state index contributed by atoms with van der Waals surface area (Å²) in [6.07, 6.45) is 3.74. The average Bonchev–Trinajstić information content (AvgIpc) is 3.00. The van der Waals surface area contributed by atoms with Crippen molar-refractivity contribution in [1.82, 2.24) is 19.4 Å². The topological polar surface area (TPSA) is 63.1 Å². The second-order valence-corrected chi connectivity index (χ2v) is 7.54. The molecule has 1 saturated heterocycles. The van der Waals surface area contributed by atoms with Gasteiger partial charge in [-0.15, -0.1) is 0 Å². The fourth-order valence-electron chi connectivity index (χ4n) is 3.72. The Bertz CT molecular complexity index is 1020. The third-order valence-electron chi connectivity index (χ3n) is 5.11. The van der Waals surface area contributed by atoms with Crippen molar-refractivity contribution in [2.75, 3.05) is 18.4 Å². The standard InChI is InChI=1S/C20H21ClFN5O/c1-13-24-18-5-2-8-23-19(18)27(13)12-14-4-3-9-26(11-14)20(28)25-15-6-7-17(22)16(21)10-15/h2,5-8,10,14H,3-4,9,11-12H2,1H3,(H,25,28). The third kappa shape index (κ3) is 3.80. The zero-order valence-electron chi connectivity index (χ0n) is 15.5. The first-order valence-electron chi connectivity index (χ1n) is 9.30. The number of likely N-dealkylation sites (tertiary alicyclic amines) is 1. The maximum atomic E-state index is 13.3. The van der Waals surface area contributed by atoms with Gasteiger partial charge in [-0.2, -0.15) is 0 Å². The number of urea groups is 1. The molecule has 6 nitrogen and oxygen atoms in total. The van der Waals surface area contributed by atoms with Crippen molar-refractivity contribution in [3.8, 4) is 0 Å². The lowest BCUT2D eigenvalue weighted by atomic mass is 9.98. The second-order valence-electron chi connectivity index (χ2n) is 7.13. The number of hydrogen-bond acceptors (Lipinski definition) is 3. The van der Waals surface area contributed by atoms with Crippen LogP contribution in [0.15, 0.2) is 36.5 Å². The number of nitrogens with zero attached hydrogens (tertiary/aromatic N) is 4. The van der Waals surface area contributed by atoms with E-state index in [1.807, 2.05) is 19.1 Å². The van der Waals surface area contributed by atoms with E-state index in [4.69, 9.17) is 11.6 Å². The molecule has 2 aromatic heterocycles. The highest BCUT2D eigenvalue weighted by Gasteiger charge is 2.25. The molecule has 3 heterocycles. The predicted octanol–water partition coefficient (Wildman–Crippen LogP) is 4.48. The molecular weight excluding hydrogens is 381 g/mol. The number of aromatic nitrogens is 3. The fourth-order valence-corrected chi connectivity index (χ4v) is 3.90. The van der Waals surface area contributed by atoms with Crippen LogP contribution in [-0.4, -0.2) is 38.6 Å². The molecule has 1 atom stereocenters. The van der Waals surface area contributed by atoms with Gasteiger partial charge in [0, 0.05) is 31.5 Å². The highest BCUT2D eigenvalue weighted by molar-refractivity contribution is 6.31. The van der Waals surface area contributed by atoms with Gasteiger partial charge in [0.15, 0.2) is 5.65 Å². The Morgan fingerprint density at radius 1 is 1.39 bits per heavy atom. The molecule has 0 aliphatic carbocycles. The first-order valence-corrected chi connectivity index (χ1v) is 9.68. The van der Waals surface area contributed by atoms with Crippen LogP contribution in [0.3, 0.4) is 0 Å². The number of nitrogens with one attached hydrogen (secondary N) is 1. The lowest BCUT2D eigenvalue weighted by Gasteiger charge is -2.33. The number of pyridine rings is 1. The van der Waals surface area contributed by atoms with Crippen LogP contribution in [0.25, 0.3) is 11.2 Å². The minimum Gasteiger partial charge on any atom is -0.324 e. The Balaban J connectivity index is 1.44. The number of anilines is 1. The van der Waals surface area contributed by atoms with Crippen molar-refractivity contribution in [2.45, 2.75) is 26.3 Å². The highest BCUT2D eigenvalue weighted by atomic mass is 35.5. The van der Waals surface area contributed by atoms with Crippen molar-refractivity contribution >= 4 is 34.5 Å². The molecule has 0 radical (unpaired) electrons. The number of amides is 2. The molecule has 0 saturated carbocycles. The molecule has 0 bridgehead atoms. The van der Waals surface area contributed by atoms with Gasteiger partial charge in [-0.3, -0.25) is 0 Å². The van der Waals surface area contributed by atoms with Crippen molar-refractivity contribution in [2.24, 2.45) is 5.92 Å². The normalized spacial score (nSPS) is 17.1. The van der Waals surface area contributed by atoms with Gasteiger partial charge in [0.1, 0.15) is 17.2 Å². The molecule has 3 aromatic rings. The molecule has 146 valence electrons. The van der Waals surface area contributed by atoms with E-state index >= 15 is 0 Å². The Morgan fingerprint density at radius 3 is 3.07 bits per heavy atom. The van der Waals surface area contributed by atoms with E-state index in [9.17, 15) is 9.18 Å². The number of imidazole rings is 1. The molecule has 1 N–H and O–H groups in total. The van der Waals surface area contributed by atoms with Gasteiger partial charge >= 0.3 is 6.03 Å². The van der Waals surface area contributed by atoms with E-state index in [1.165, 1.54) is 18.2 Å². The quantitative estimate of drug-likeness (QED) is 0.704. The lowest BCUT2D eigenvalue weighted by Crippen LogP contribution is -2.43. The number of halogens is 2. The van der Waals surface area contributed by atoms with Crippen LogP contribution < -0.4 is 5.32 Å². The fraction of sp³-hybridized carbons (Fsp3) is 0.350. The Kier molecular flexibility index (Phi) is 5.17. The molecule has 1 unspecified atom stereocenters. The number of rotatable bonds is 3. The molecule has 0 spiro atoms. The number of fused-ring (bicyclic) bond motifs is 1. The zero-order valence-corrected chi connectivity index (χ0v) is 16.3. The maximum Gasteiger partial charge on any atom is 0.321 e. The minimum atomic E-state index is -0.505. The van der Waals surface area contributed by atoms with Gasteiger partial charge in [0.2, 0.25) is 0 Å². The number of hydrogen-bond donors (Lipinski definition) is 1. The number of carbonyl (C=O) groups excluding carboxylic acids is 1. The molecule has 1 aliphatic rings. The van der Waals surface area contributed by atoms with Crippen LogP contribution in [-0.2, 0) is 6.54 Å². The molecule has 28 heavy (non-hydrogen) atoms. The van der Waals surface area contributed by atoms with Crippen LogP contribution in [0.1, 0.15) is 18.7 Å². The van der Waals surface area contributed by atoms with Crippen molar-refractivity contribution < 1.29 is 9.18 Å². The summed E-state index contributed by atoms with van der Waals surface area (Å²) in [6, 6.07) is 7.82. The summed E-state index contributed by atoms with van der Waals surface area (Å²) in [5, 5.41) is 2.79. The van der Waals surface area contributed by atoms with Gasteiger partial charge in [-0.05, 0) is 56.0 Å². The van der Waals surface area contributed by atoms with E-state index in [2.05, 4.69) is 19.9 Å². The van der Waals surface area contributed by atoms with Gasteiger partial charge in [-0.25, -0.2) is 19.2 Å². The van der Waals surface area contributed by atoms with Crippen molar-refractivity contribution in [3.05, 3.63) is 53.2 Å². The summed E-state index contributed by atoms with van der Waals surface area (Å²) >= 11 is 5.79. The molecule has 2 amide bonds. The van der Waals surface area contributed by atoms with Gasteiger partial charge in [0.25, 0.3) is 0 Å². The van der Waals surface area contributed by atoms with E-state index in [0.29, 0.717) is 24.7 Å². The minimum absolute atomic E-state index is 0.00992. The summed E-state index contributed by atoms with van der Waals surface area (Å²) < 4.78 is 15.4. The zero-order chi connectivity index (χ0) is 19.7. The monoisotopic (exact) mass is 401 g/mol. The number of benzene rings is 1. The summed E-state index contributed by atoms with van der Waals surface area (Å²) in [5.74, 6) is 0.736. The highest BCUT2D eigenvalue weighted by Crippen LogP contribution is 2.24. The van der Waals surface area contributed by atoms with Crippen LogP contribution >= 0.6 is 11.6 Å². The summed E-state index contributed by atoms with van der Waals surface area (Å²) in [7, 11) is 0. The Morgan fingerprint density at radius 2 is 2.25 bits per heavy atom. The predicted molar refractivity (Wildman–Crippen MR) is 107 cm³/mol. The van der Waals surface area contributed by atoms with E-state index in [-0.39, 0.29) is 11.1 Å². The van der Waals surface area contributed by atoms with Crippen LogP contribution in [0.2, 0.25) is 5.02 Å². The van der Waals surface area contributed by atoms with Crippen molar-refractivity contribution in [3.63, 3.8) is 0 Å². The summed E-state index contributed by atoms with van der Waals surface area (Å²) in [4.78, 5) is 23.5. The van der Waals surface area contributed by atoms with Gasteiger partial charge in [-0.1, -0.05) is 11.6 Å². The van der Waals surface area contributed by atoms with Crippen molar-refractivity contribution in [1.29, 1.82) is 0 Å². The molecule has 1 aliphatic heterocycles. The van der Waals surface area contributed by atoms with Crippen LogP contribution in [0, 0.1) is 18.7 Å². The van der Waals surface area contributed by atoms with E-state index < -0.39 is 5.82 Å². The summed E-state index contributed by atoms with van der Waals surface area (Å²) in [6.45, 7) is 4.09. The molecule has 4 rings (SSSR count). The second kappa shape index (κ2) is 7.75. The average molecular weight is 402 g/mol.